The minimum atomic E-state index is -0.937. The van der Waals surface area contributed by atoms with Gasteiger partial charge in [0.1, 0.15) is 12.4 Å². The van der Waals surface area contributed by atoms with Gasteiger partial charge in [0.15, 0.2) is 0 Å². The van der Waals surface area contributed by atoms with E-state index in [1.54, 1.807) is 6.92 Å². The van der Waals surface area contributed by atoms with Gasteiger partial charge in [0.25, 0.3) is 0 Å². The summed E-state index contributed by atoms with van der Waals surface area (Å²) in [5.41, 5.74) is -0.937. The molecule has 0 saturated carbocycles. The topological polar surface area (TPSA) is 68.2 Å². The molecule has 5 nitrogen and oxygen atoms in total. The van der Waals surface area contributed by atoms with Gasteiger partial charge in [0, 0.05) is 13.5 Å². The van der Waals surface area contributed by atoms with Crippen LogP contribution in [0, 0.1) is 0 Å². The Morgan fingerprint density at radius 3 is 2.50 bits per heavy atom. The molecule has 0 aliphatic heterocycles. The zero-order valence-corrected chi connectivity index (χ0v) is 7.45. The standard InChI is InChI=1S/C7H16O5/c1-7(5-8,12-9)3-4-11-6-10-2/h8-9H,3-6H2,1-2H3. The Kier molecular flexibility index (Phi) is 6.23. The number of methoxy groups -OCH3 is 1. The molecule has 5 heteroatoms. The summed E-state index contributed by atoms with van der Waals surface area (Å²) >= 11 is 0. The summed E-state index contributed by atoms with van der Waals surface area (Å²) in [7, 11) is 1.52. The molecule has 1 atom stereocenters. The monoisotopic (exact) mass is 180 g/mol. The van der Waals surface area contributed by atoms with E-state index in [9.17, 15) is 0 Å². The van der Waals surface area contributed by atoms with Crippen LogP contribution in [0.25, 0.3) is 0 Å². The molecule has 0 bridgehead atoms. The molecule has 0 aromatic carbocycles. The molecule has 0 amide bonds. The van der Waals surface area contributed by atoms with Crippen LogP contribution in [0.5, 0.6) is 0 Å². The second-order valence-corrected chi connectivity index (χ2v) is 2.76. The lowest BCUT2D eigenvalue weighted by molar-refractivity contribution is -0.329. The summed E-state index contributed by atoms with van der Waals surface area (Å²) in [5, 5.41) is 17.2. The number of rotatable bonds is 7. The summed E-state index contributed by atoms with van der Waals surface area (Å²) in [6, 6.07) is 0. The molecule has 0 aliphatic rings. The average Bonchev–Trinajstić information content (AvgIpc) is 2.12. The number of hydrogen-bond acceptors (Lipinski definition) is 5. The Bertz CT molecular complexity index is 102. The highest BCUT2D eigenvalue weighted by atomic mass is 17.1. The molecule has 0 radical (unpaired) electrons. The third kappa shape index (κ3) is 4.63. The van der Waals surface area contributed by atoms with Crippen molar-refractivity contribution in [3.8, 4) is 0 Å². The van der Waals surface area contributed by atoms with E-state index in [2.05, 4.69) is 9.62 Å². The molecule has 0 aromatic rings. The Balaban J connectivity index is 3.45. The molecule has 74 valence electrons. The molecule has 2 N–H and O–H groups in total. The maximum Gasteiger partial charge on any atom is 0.146 e. The van der Waals surface area contributed by atoms with Gasteiger partial charge in [-0.25, -0.2) is 4.89 Å². The van der Waals surface area contributed by atoms with Gasteiger partial charge in [0.05, 0.1) is 13.2 Å². The Morgan fingerprint density at radius 1 is 1.42 bits per heavy atom. The van der Waals surface area contributed by atoms with E-state index in [-0.39, 0.29) is 13.4 Å². The summed E-state index contributed by atoms with van der Waals surface area (Å²) in [6.45, 7) is 1.90. The third-order valence-corrected chi connectivity index (χ3v) is 1.53. The van der Waals surface area contributed by atoms with Crippen molar-refractivity contribution in [2.24, 2.45) is 0 Å². The van der Waals surface area contributed by atoms with E-state index in [0.29, 0.717) is 13.0 Å². The van der Waals surface area contributed by atoms with Crippen LogP contribution in [0.15, 0.2) is 0 Å². The highest BCUT2D eigenvalue weighted by molar-refractivity contribution is 4.71. The minimum absolute atomic E-state index is 0.201. The van der Waals surface area contributed by atoms with Crippen LogP contribution >= 0.6 is 0 Å². The highest BCUT2D eigenvalue weighted by Gasteiger charge is 2.24. The Labute approximate surface area is 71.8 Å². The van der Waals surface area contributed by atoms with Crippen LogP contribution in [0.3, 0.4) is 0 Å². The minimum Gasteiger partial charge on any atom is -0.393 e. The molecule has 0 rings (SSSR count). The molecule has 1 unspecified atom stereocenters. The van der Waals surface area contributed by atoms with E-state index in [1.807, 2.05) is 0 Å². The average molecular weight is 180 g/mol. The van der Waals surface area contributed by atoms with E-state index in [4.69, 9.17) is 15.1 Å². The van der Waals surface area contributed by atoms with Gasteiger partial charge in [-0.2, -0.15) is 0 Å². The summed E-state index contributed by atoms with van der Waals surface area (Å²) < 4.78 is 9.59. The zero-order valence-electron chi connectivity index (χ0n) is 7.45. The van der Waals surface area contributed by atoms with Gasteiger partial charge >= 0.3 is 0 Å². The molecule has 0 aliphatic carbocycles. The van der Waals surface area contributed by atoms with E-state index >= 15 is 0 Å². The highest BCUT2D eigenvalue weighted by Crippen LogP contribution is 2.12. The predicted octanol–water partition coefficient (Wildman–Crippen LogP) is 0.238. The molecule has 0 spiro atoms. The van der Waals surface area contributed by atoms with Gasteiger partial charge in [0.2, 0.25) is 0 Å². The maximum absolute atomic E-state index is 8.77. The van der Waals surface area contributed by atoms with Crippen LogP contribution in [0.4, 0.5) is 0 Å². The lowest BCUT2D eigenvalue weighted by Gasteiger charge is -2.22. The predicted molar refractivity (Wildman–Crippen MR) is 41.6 cm³/mol. The molecule has 0 heterocycles. The van der Waals surface area contributed by atoms with Gasteiger partial charge in [-0.1, -0.05) is 0 Å². The van der Waals surface area contributed by atoms with Gasteiger partial charge in [-0.05, 0) is 6.92 Å². The van der Waals surface area contributed by atoms with E-state index < -0.39 is 5.60 Å². The van der Waals surface area contributed by atoms with Gasteiger partial charge in [-0.3, -0.25) is 5.26 Å². The van der Waals surface area contributed by atoms with Gasteiger partial charge in [-0.15, -0.1) is 0 Å². The summed E-state index contributed by atoms with van der Waals surface area (Å²) in [4.78, 5) is 4.10. The molecular weight excluding hydrogens is 164 g/mol. The fourth-order valence-corrected chi connectivity index (χ4v) is 0.584. The molecule has 12 heavy (non-hydrogen) atoms. The second-order valence-electron chi connectivity index (χ2n) is 2.76. The van der Waals surface area contributed by atoms with Crippen molar-refractivity contribution >= 4 is 0 Å². The normalized spacial score (nSPS) is 16.0. The molecule has 0 fully saturated rings. The number of ether oxygens (including phenoxy) is 2. The number of aliphatic hydroxyl groups excluding tert-OH is 1. The lowest BCUT2D eigenvalue weighted by Crippen LogP contribution is -2.33. The van der Waals surface area contributed by atoms with Crippen LogP contribution in [0.2, 0.25) is 0 Å². The second kappa shape index (κ2) is 6.33. The van der Waals surface area contributed by atoms with E-state index in [1.165, 1.54) is 7.11 Å². The van der Waals surface area contributed by atoms with E-state index in [0.717, 1.165) is 0 Å². The maximum atomic E-state index is 8.77. The first kappa shape index (κ1) is 11.8. The van der Waals surface area contributed by atoms with Crippen molar-refractivity contribution in [1.29, 1.82) is 0 Å². The quantitative estimate of drug-likeness (QED) is 0.254. The van der Waals surface area contributed by atoms with Crippen molar-refractivity contribution in [3.05, 3.63) is 0 Å². The molecule has 0 saturated heterocycles. The Hall–Kier alpha value is -0.200. The fraction of sp³-hybridized carbons (Fsp3) is 1.00. The third-order valence-electron chi connectivity index (χ3n) is 1.53. The largest absolute Gasteiger partial charge is 0.393 e. The van der Waals surface area contributed by atoms with Crippen LogP contribution in [0.1, 0.15) is 13.3 Å². The number of hydrogen-bond donors (Lipinski definition) is 2. The first-order chi connectivity index (χ1) is 5.68. The first-order valence-electron chi connectivity index (χ1n) is 3.68. The lowest BCUT2D eigenvalue weighted by atomic mass is 10.1. The van der Waals surface area contributed by atoms with Gasteiger partial charge < -0.3 is 14.6 Å². The molecule has 0 aromatic heterocycles. The van der Waals surface area contributed by atoms with Crippen molar-refractivity contribution < 1.29 is 24.7 Å². The SMILES string of the molecule is COCOCCC(C)(CO)OO. The van der Waals surface area contributed by atoms with Crippen LogP contribution in [-0.4, -0.2) is 43.1 Å². The van der Waals surface area contributed by atoms with Crippen molar-refractivity contribution in [2.45, 2.75) is 18.9 Å². The zero-order chi connectivity index (χ0) is 9.45. The van der Waals surface area contributed by atoms with Crippen LogP contribution in [-0.2, 0) is 14.4 Å². The van der Waals surface area contributed by atoms with Crippen molar-refractivity contribution in [1.82, 2.24) is 0 Å². The smallest absolute Gasteiger partial charge is 0.146 e. The summed E-state index contributed by atoms with van der Waals surface area (Å²) in [6.07, 6.45) is 0.406. The Morgan fingerprint density at radius 2 is 2.08 bits per heavy atom. The fourth-order valence-electron chi connectivity index (χ4n) is 0.584. The molecular formula is C7H16O5. The summed E-state index contributed by atoms with van der Waals surface area (Å²) in [5.74, 6) is 0. The van der Waals surface area contributed by atoms with Crippen LogP contribution < -0.4 is 0 Å². The van der Waals surface area contributed by atoms with Crippen molar-refractivity contribution in [2.75, 3.05) is 27.1 Å². The first-order valence-corrected chi connectivity index (χ1v) is 3.68. The number of aliphatic hydroxyl groups is 1. The van der Waals surface area contributed by atoms with Crippen molar-refractivity contribution in [3.63, 3.8) is 0 Å².